The SMILES string of the molecule is CCN(Cc1ccc(S(=O)(=O)O)cc1)c1ccc(C(=C2C=CC(=[N+](C)C)C=C2)c2ccc(N(CC)Cc3cccc(S(=O)(=O)[O-])c3)cc2)cc1.[Na+]. The summed E-state index contributed by atoms with van der Waals surface area (Å²) in [5.74, 6) is 0. The summed E-state index contributed by atoms with van der Waals surface area (Å²) in [5.41, 5.74) is 8.91. The zero-order chi connectivity index (χ0) is 36.1. The Hall–Kier alpha value is -3.81. The van der Waals surface area contributed by atoms with E-state index in [0.29, 0.717) is 19.6 Å². The Bertz CT molecular complexity index is 2170. The van der Waals surface area contributed by atoms with Gasteiger partial charge in [0.1, 0.15) is 24.2 Å². The van der Waals surface area contributed by atoms with E-state index in [1.807, 2.05) is 27.1 Å². The molecule has 4 aromatic carbocycles. The summed E-state index contributed by atoms with van der Waals surface area (Å²) in [6.07, 6.45) is 8.44. The van der Waals surface area contributed by atoms with Crippen LogP contribution in [0.4, 0.5) is 11.4 Å². The molecular formula is C39H41N3NaO6S2+. The van der Waals surface area contributed by atoms with Crippen LogP contribution in [0.25, 0.3) is 5.57 Å². The zero-order valence-electron chi connectivity index (χ0n) is 29.5. The van der Waals surface area contributed by atoms with Crippen LogP contribution >= 0.6 is 0 Å². The molecule has 0 aromatic heterocycles. The summed E-state index contributed by atoms with van der Waals surface area (Å²) >= 11 is 0. The second-order valence-corrected chi connectivity index (χ2v) is 15.0. The van der Waals surface area contributed by atoms with Gasteiger partial charge in [-0.2, -0.15) is 8.42 Å². The van der Waals surface area contributed by atoms with Gasteiger partial charge in [0, 0.05) is 49.7 Å². The first-order valence-electron chi connectivity index (χ1n) is 16.2. The molecule has 1 N–H and O–H groups in total. The fourth-order valence-corrected chi connectivity index (χ4v) is 6.90. The van der Waals surface area contributed by atoms with E-state index in [1.165, 1.54) is 24.3 Å². The third kappa shape index (κ3) is 10.2. The maximum Gasteiger partial charge on any atom is 1.00 e. The van der Waals surface area contributed by atoms with Gasteiger partial charge in [-0.1, -0.05) is 48.5 Å². The van der Waals surface area contributed by atoms with Crippen molar-refractivity contribution >= 4 is 42.9 Å². The fraction of sp³-hybridized carbons (Fsp3) is 0.205. The Kier molecular flexibility index (Phi) is 13.4. The summed E-state index contributed by atoms with van der Waals surface area (Å²) in [6, 6.07) is 29.1. The summed E-state index contributed by atoms with van der Waals surface area (Å²) in [4.78, 5) is 3.95. The number of allylic oxidation sites excluding steroid dienone is 5. The Morgan fingerprint density at radius 2 is 1.16 bits per heavy atom. The predicted octanol–water partition coefficient (Wildman–Crippen LogP) is 3.54. The first-order valence-corrected chi connectivity index (χ1v) is 19.1. The molecule has 0 atom stereocenters. The number of hydrogen-bond donors (Lipinski definition) is 1. The minimum absolute atomic E-state index is 0. The normalized spacial score (nSPS) is 12.7. The van der Waals surface area contributed by atoms with Crippen LogP contribution in [-0.4, -0.2) is 63.4 Å². The molecule has 0 amide bonds. The molecule has 5 rings (SSSR count). The van der Waals surface area contributed by atoms with E-state index in [9.17, 15) is 25.9 Å². The topological polar surface area (TPSA) is 121 Å². The molecule has 0 bridgehead atoms. The average Bonchev–Trinajstić information content (AvgIpc) is 3.10. The van der Waals surface area contributed by atoms with Gasteiger partial charge in [-0.15, -0.1) is 0 Å². The smallest absolute Gasteiger partial charge is 0.744 e. The van der Waals surface area contributed by atoms with Gasteiger partial charge >= 0.3 is 29.6 Å². The van der Waals surface area contributed by atoms with E-state index in [-0.39, 0.29) is 39.3 Å². The molecule has 1 aliphatic carbocycles. The van der Waals surface area contributed by atoms with Crippen molar-refractivity contribution in [2.75, 3.05) is 37.0 Å². The molecular weight excluding hydrogens is 694 g/mol. The Morgan fingerprint density at radius 3 is 1.59 bits per heavy atom. The molecule has 0 saturated heterocycles. The molecule has 0 aliphatic heterocycles. The third-order valence-electron chi connectivity index (χ3n) is 8.63. The predicted molar refractivity (Wildman–Crippen MR) is 198 cm³/mol. The van der Waals surface area contributed by atoms with Crippen LogP contribution < -0.4 is 39.4 Å². The quantitative estimate of drug-likeness (QED) is 0.133. The minimum Gasteiger partial charge on any atom is -0.744 e. The second kappa shape index (κ2) is 17.1. The van der Waals surface area contributed by atoms with Crippen LogP contribution in [0.2, 0.25) is 0 Å². The number of benzene rings is 4. The van der Waals surface area contributed by atoms with Crippen molar-refractivity contribution in [3.8, 4) is 0 Å². The monoisotopic (exact) mass is 734 g/mol. The largest absolute Gasteiger partial charge is 1.00 e. The van der Waals surface area contributed by atoms with E-state index in [1.54, 1.807) is 18.2 Å². The van der Waals surface area contributed by atoms with Crippen molar-refractivity contribution in [3.05, 3.63) is 149 Å². The van der Waals surface area contributed by atoms with E-state index >= 15 is 0 Å². The fourth-order valence-electron chi connectivity index (χ4n) is 5.88. The Labute approximate surface area is 323 Å². The van der Waals surface area contributed by atoms with E-state index in [4.69, 9.17) is 0 Å². The van der Waals surface area contributed by atoms with Crippen molar-refractivity contribution in [2.24, 2.45) is 0 Å². The van der Waals surface area contributed by atoms with Crippen molar-refractivity contribution < 1.29 is 60.1 Å². The first-order chi connectivity index (χ1) is 23.8. The van der Waals surface area contributed by atoms with Crippen LogP contribution in [0, 0.1) is 0 Å². The molecule has 1 aliphatic rings. The van der Waals surface area contributed by atoms with Gasteiger partial charge in [0.2, 0.25) is 0 Å². The molecule has 0 spiro atoms. The molecule has 51 heavy (non-hydrogen) atoms. The number of rotatable bonds is 12. The molecule has 0 fully saturated rings. The summed E-state index contributed by atoms with van der Waals surface area (Å²) < 4.78 is 69.0. The van der Waals surface area contributed by atoms with Gasteiger partial charge in [0.15, 0.2) is 5.71 Å². The number of anilines is 2. The molecule has 12 heteroatoms. The maximum atomic E-state index is 11.6. The summed E-state index contributed by atoms with van der Waals surface area (Å²) in [5, 5.41) is 0. The molecule has 0 unspecified atom stereocenters. The molecule has 0 heterocycles. The third-order valence-corrected chi connectivity index (χ3v) is 10.3. The van der Waals surface area contributed by atoms with Crippen molar-refractivity contribution in [1.82, 2.24) is 0 Å². The number of nitrogens with zero attached hydrogens (tertiary/aromatic N) is 3. The van der Waals surface area contributed by atoms with Crippen LogP contribution in [0.5, 0.6) is 0 Å². The Morgan fingerprint density at radius 1 is 0.667 bits per heavy atom. The molecule has 0 radical (unpaired) electrons. The second-order valence-electron chi connectivity index (χ2n) is 12.2. The van der Waals surface area contributed by atoms with E-state index < -0.39 is 20.2 Å². The molecule has 4 aromatic rings. The Balaban J connectivity index is 0.00000583. The number of hydrogen-bond acceptors (Lipinski definition) is 7. The average molecular weight is 735 g/mol. The van der Waals surface area contributed by atoms with Crippen LogP contribution in [0.15, 0.2) is 137 Å². The van der Waals surface area contributed by atoms with Crippen molar-refractivity contribution in [2.45, 2.75) is 36.7 Å². The molecule has 260 valence electrons. The zero-order valence-corrected chi connectivity index (χ0v) is 33.2. The molecule has 9 nitrogen and oxygen atoms in total. The standard InChI is InChI=1S/C39H41N3O6S2.Na/c1-5-41(27-29-10-24-37(25-11-29)49(43,44)45)35-20-14-32(15-21-35)39(31-12-18-34(19-13-31)40(3)4)33-16-22-36(23-17-33)42(6-2)28-30-8-7-9-38(26-30)50(46,47)48;/h7-26H,5-6,27-28H2,1-4H3,(H-,43,44,45,46,47,48);/q;+1. The van der Waals surface area contributed by atoms with Crippen LogP contribution in [0.1, 0.15) is 36.1 Å². The van der Waals surface area contributed by atoms with E-state index in [2.05, 4.69) is 94.1 Å². The van der Waals surface area contributed by atoms with Gasteiger partial charge in [-0.25, -0.2) is 13.0 Å². The van der Waals surface area contributed by atoms with Gasteiger partial charge < -0.3 is 14.4 Å². The van der Waals surface area contributed by atoms with Crippen molar-refractivity contribution in [1.29, 1.82) is 0 Å². The molecule has 0 saturated carbocycles. The van der Waals surface area contributed by atoms with Crippen LogP contribution in [-0.2, 0) is 33.3 Å². The maximum absolute atomic E-state index is 11.6. The summed E-state index contributed by atoms with van der Waals surface area (Å²) in [6.45, 7) is 6.51. The van der Waals surface area contributed by atoms with Gasteiger partial charge in [0.05, 0.1) is 9.79 Å². The first kappa shape index (κ1) is 40.0. The van der Waals surface area contributed by atoms with Gasteiger partial charge in [-0.3, -0.25) is 4.55 Å². The minimum atomic E-state index is -4.54. The van der Waals surface area contributed by atoms with Gasteiger partial charge in [0.25, 0.3) is 10.1 Å². The van der Waals surface area contributed by atoms with Crippen molar-refractivity contribution in [3.63, 3.8) is 0 Å². The van der Waals surface area contributed by atoms with Gasteiger partial charge in [-0.05, 0) is 108 Å². The van der Waals surface area contributed by atoms with E-state index in [0.717, 1.165) is 57.0 Å². The van der Waals surface area contributed by atoms with Crippen LogP contribution in [0.3, 0.4) is 0 Å². The summed E-state index contributed by atoms with van der Waals surface area (Å²) in [7, 11) is -4.77.